The zero-order valence-corrected chi connectivity index (χ0v) is 9.60. The van der Waals surface area contributed by atoms with Crippen LogP contribution >= 0.6 is 0 Å². The van der Waals surface area contributed by atoms with E-state index in [0.717, 1.165) is 0 Å². The molecule has 0 rings (SSSR count). The summed E-state index contributed by atoms with van der Waals surface area (Å²) >= 11 is 0. The molecule has 0 aromatic heterocycles. The standard InChI is InChI=1S/C12H26O/c1-4-6-8-10-12(3,11-13)9-7-5-2/h13H,4-11H2,1-3H3. The third kappa shape index (κ3) is 6.09. The topological polar surface area (TPSA) is 20.2 Å². The minimum atomic E-state index is 0.200. The highest BCUT2D eigenvalue weighted by atomic mass is 16.3. The molecule has 80 valence electrons. The van der Waals surface area contributed by atoms with E-state index in [9.17, 15) is 5.11 Å². The molecule has 1 heteroatoms. The van der Waals surface area contributed by atoms with Crippen LogP contribution in [-0.4, -0.2) is 11.7 Å². The summed E-state index contributed by atoms with van der Waals surface area (Å²) in [6, 6.07) is 0. The van der Waals surface area contributed by atoms with E-state index in [0.29, 0.717) is 6.61 Å². The average molecular weight is 186 g/mol. The highest BCUT2D eigenvalue weighted by Crippen LogP contribution is 2.29. The van der Waals surface area contributed by atoms with Crippen LogP contribution in [0.1, 0.15) is 65.7 Å². The fraction of sp³-hybridized carbons (Fsp3) is 1.00. The number of aliphatic hydroxyl groups excluding tert-OH is 1. The van der Waals surface area contributed by atoms with Gasteiger partial charge < -0.3 is 5.11 Å². The van der Waals surface area contributed by atoms with Crippen LogP contribution in [0.25, 0.3) is 0 Å². The first-order valence-electron chi connectivity index (χ1n) is 5.79. The summed E-state index contributed by atoms with van der Waals surface area (Å²) in [7, 11) is 0. The van der Waals surface area contributed by atoms with Crippen molar-refractivity contribution in [2.45, 2.75) is 65.7 Å². The van der Waals surface area contributed by atoms with Crippen molar-refractivity contribution in [3.05, 3.63) is 0 Å². The fourth-order valence-corrected chi connectivity index (χ4v) is 1.69. The maximum absolute atomic E-state index is 9.31. The first-order chi connectivity index (χ1) is 6.18. The molecule has 0 bridgehead atoms. The van der Waals surface area contributed by atoms with Gasteiger partial charge in [0.1, 0.15) is 0 Å². The molecule has 0 amide bonds. The molecular formula is C12H26O. The van der Waals surface area contributed by atoms with E-state index in [4.69, 9.17) is 0 Å². The zero-order chi connectivity index (χ0) is 10.2. The summed E-state index contributed by atoms with van der Waals surface area (Å²) in [4.78, 5) is 0. The smallest absolute Gasteiger partial charge is 0.0484 e. The van der Waals surface area contributed by atoms with Crippen LogP contribution in [0.4, 0.5) is 0 Å². The van der Waals surface area contributed by atoms with Gasteiger partial charge in [0.15, 0.2) is 0 Å². The quantitative estimate of drug-likeness (QED) is 0.572. The van der Waals surface area contributed by atoms with E-state index >= 15 is 0 Å². The van der Waals surface area contributed by atoms with Crippen LogP contribution in [0.3, 0.4) is 0 Å². The van der Waals surface area contributed by atoms with Crippen LogP contribution in [0.15, 0.2) is 0 Å². The molecule has 1 nitrogen and oxygen atoms in total. The van der Waals surface area contributed by atoms with Crippen LogP contribution in [0.5, 0.6) is 0 Å². The lowest BCUT2D eigenvalue weighted by Gasteiger charge is -2.27. The lowest BCUT2D eigenvalue weighted by molar-refractivity contribution is 0.117. The third-order valence-electron chi connectivity index (χ3n) is 2.90. The van der Waals surface area contributed by atoms with E-state index in [1.54, 1.807) is 0 Å². The van der Waals surface area contributed by atoms with Gasteiger partial charge in [0.2, 0.25) is 0 Å². The second kappa shape index (κ2) is 7.37. The van der Waals surface area contributed by atoms with Crippen molar-refractivity contribution in [2.24, 2.45) is 5.41 Å². The van der Waals surface area contributed by atoms with Gasteiger partial charge in [-0.2, -0.15) is 0 Å². The van der Waals surface area contributed by atoms with Crippen molar-refractivity contribution >= 4 is 0 Å². The molecule has 0 heterocycles. The molecule has 0 aliphatic rings. The molecule has 0 radical (unpaired) electrons. The molecule has 0 aromatic rings. The van der Waals surface area contributed by atoms with Crippen molar-refractivity contribution < 1.29 is 5.11 Å². The Morgan fingerprint density at radius 2 is 1.46 bits per heavy atom. The summed E-state index contributed by atoms with van der Waals surface area (Å²) in [5.74, 6) is 0. The Morgan fingerprint density at radius 3 is 1.92 bits per heavy atom. The van der Waals surface area contributed by atoms with Crippen LogP contribution < -0.4 is 0 Å². The number of hydrogen-bond donors (Lipinski definition) is 1. The van der Waals surface area contributed by atoms with E-state index in [1.165, 1.54) is 44.9 Å². The van der Waals surface area contributed by atoms with Crippen molar-refractivity contribution in [3.63, 3.8) is 0 Å². The lowest BCUT2D eigenvalue weighted by Crippen LogP contribution is -2.21. The maximum atomic E-state index is 9.31. The van der Waals surface area contributed by atoms with Crippen LogP contribution in [-0.2, 0) is 0 Å². The molecular weight excluding hydrogens is 160 g/mol. The number of hydrogen-bond acceptors (Lipinski definition) is 1. The molecule has 1 N–H and O–H groups in total. The minimum Gasteiger partial charge on any atom is -0.396 e. The molecule has 1 unspecified atom stereocenters. The van der Waals surface area contributed by atoms with E-state index in [1.807, 2.05) is 0 Å². The average Bonchev–Trinajstić information content (AvgIpc) is 2.15. The minimum absolute atomic E-state index is 0.200. The fourth-order valence-electron chi connectivity index (χ4n) is 1.69. The molecule has 13 heavy (non-hydrogen) atoms. The van der Waals surface area contributed by atoms with Crippen molar-refractivity contribution in [2.75, 3.05) is 6.61 Å². The first kappa shape index (κ1) is 13.0. The summed E-state index contributed by atoms with van der Waals surface area (Å²) in [5.41, 5.74) is 0.200. The van der Waals surface area contributed by atoms with E-state index in [2.05, 4.69) is 20.8 Å². The highest BCUT2D eigenvalue weighted by Gasteiger charge is 2.21. The largest absolute Gasteiger partial charge is 0.396 e. The highest BCUT2D eigenvalue weighted by molar-refractivity contribution is 4.72. The third-order valence-corrected chi connectivity index (χ3v) is 2.90. The number of aliphatic hydroxyl groups is 1. The lowest BCUT2D eigenvalue weighted by atomic mass is 9.81. The predicted molar refractivity (Wildman–Crippen MR) is 58.9 cm³/mol. The van der Waals surface area contributed by atoms with Gasteiger partial charge in [0.25, 0.3) is 0 Å². The molecule has 0 spiro atoms. The second-order valence-electron chi connectivity index (χ2n) is 4.53. The molecule has 0 aromatic carbocycles. The second-order valence-corrected chi connectivity index (χ2v) is 4.53. The normalized spacial score (nSPS) is 15.7. The number of unbranched alkanes of at least 4 members (excludes halogenated alkanes) is 3. The Bertz CT molecular complexity index is 112. The summed E-state index contributed by atoms with van der Waals surface area (Å²) in [5, 5.41) is 9.31. The molecule has 0 aliphatic heterocycles. The van der Waals surface area contributed by atoms with Gasteiger partial charge in [-0.15, -0.1) is 0 Å². The molecule has 0 saturated heterocycles. The first-order valence-corrected chi connectivity index (χ1v) is 5.79. The van der Waals surface area contributed by atoms with E-state index < -0.39 is 0 Å². The summed E-state index contributed by atoms with van der Waals surface area (Å²) in [6.07, 6.45) is 8.72. The molecule has 0 fully saturated rings. The Kier molecular flexibility index (Phi) is 7.35. The summed E-state index contributed by atoms with van der Waals surface area (Å²) in [6.45, 7) is 7.02. The van der Waals surface area contributed by atoms with Gasteiger partial charge in [-0.25, -0.2) is 0 Å². The maximum Gasteiger partial charge on any atom is 0.0484 e. The Balaban J connectivity index is 3.67. The Labute approximate surface area is 83.5 Å². The van der Waals surface area contributed by atoms with Gasteiger partial charge in [0, 0.05) is 6.61 Å². The van der Waals surface area contributed by atoms with Gasteiger partial charge in [-0.3, -0.25) is 0 Å². The van der Waals surface area contributed by atoms with Gasteiger partial charge >= 0.3 is 0 Å². The van der Waals surface area contributed by atoms with Crippen molar-refractivity contribution in [3.8, 4) is 0 Å². The van der Waals surface area contributed by atoms with Crippen LogP contribution in [0, 0.1) is 5.41 Å². The molecule has 1 atom stereocenters. The Hall–Kier alpha value is -0.0400. The van der Waals surface area contributed by atoms with Gasteiger partial charge in [0.05, 0.1) is 0 Å². The molecule has 0 saturated carbocycles. The molecule has 0 aliphatic carbocycles. The monoisotopic (exact) mass is 186 g/mol. The number of rotatable bonds is 8. The Morgan fingerprint density at radius 1 is 0.923 bits per heavy atom. The predicted octanol–water partition coefficient (Wildman–Crippen LogP) is 3.76. The van der Waals surface area contributed by atoms with E-state index in [-0.39, 0.29) is 5.41 Å². The van der Waals surface area contributed by atoms with Crippen LogP contribution in [0.2, 0.25) is 0 Å². The van der Waals surface area contributed by atoms with Crippen molar-refractivity contribution in [1.82, 2.24) is 0 Å². The van der Waals surface area contributed by atoms with Crippen molar-refractivity contribution in [1.29, 1.82) is 0 Å². The zero-order valence-electron chi connectivity index (χ0n) is 9.60. The summed E-state index contributed by atoms with van der Waals surface area (Å²) < 4.78 is 0. The SMILES string of the molecule is CCCCCC(C)(CO)CCCC. The van der Waals surface area contributed by atoms with Gasteiger partial charge in [-0.1, -0.05) is 52.9 Å². The van der Waals surface area contributed by atoms with Gasteiger partial charge in [-0.05, 0) is 18.3 Å².